The molecular formula is C18H27N5S. The molecule has 0 amide bonds. The molecule has 6 heteroatoms. The normalized spacial score (nSPS) is 11.4. The first kappa shape index (κ1) is 18.3. The fourth-order valence-electron chi connectivity index (χ4n) is 2.47. The Hall–Kier alpha value is -2.08. The lowest BCUT2D eigenvalue weighted by atomic mass is 10.2. The molecule has 0 aliphatic heterocycles. The van der Waals surface area contributed by atoms with Gasteiger partial charge in [-0.3, -0.25) is 4.99 Å². The fraction of sp³-hybridized carbons (Fsp3) is 0.444. The van der Waals surface area contributed by atoms with Gasteiger partial charge in [0.25, 0.3) is 0 Å². The Morgan fingerprint density at radius 2 is 2.12 bits per heavy atom. The van der Waals surface area contributed by atoms with Crippen molar-refractivity contribution in [2.75, 3.05) is 31.6 Å². The van der Waals surface area contributed by atoms with Gasteiger partial charge >= 0.3 is 0 Å². The highest BCUT2D eigenvalue weighted by molar-refractivity contribution is 7.11. The number of nitrogens with zero attached hydrogens (tertiary/aromatic N) is 3. The zero-order valence-corrected chi connectivity index (χ0v) is 15.8. The van der Waals surface area contributed by atoms with Gasteiger partial charge in [0.15, 0.2) is 5.96 Å². The summed E-state index contributed by atoms with van der Waals surface area (Å²) in [6.45, 7) is 9.82. The van der Waals surface area contributed by atoms with Crippen LogP contribution in [-0.4, -0.2) is 37.6 Å². The molecule has 2 aromatic rings. The smallest absolute Gasteiger partial charge is 0.191 e. The molecule has 1 aromatic heterocycles. The number of aryl methyl sites for hydroxylation is 2. The highest BCUT2D eigenvalue weighted by atomic mass is 32.1. The Kier molecular flexibility index (Phi) is 7.06. The maximum Gasteiger partial charge on any atom is 0.191 e. The van der Waals surface area contributed by atoms with Crippen LogP contribution in [0.2, 0.25) is 0 Å². The van der Waals surface area contributed by atoms with E-state index in [-0.39, 0.29) is 0 Å². The Bertz CT molecular complexity index is 665. The second-order valence-electron chi connectivity index (χ2n) is 5.64. The number of hydrogen-bond acceptors (Lipinski definition) is 4. The van der Waals surface area contributed by atoms with Gasteiger partial charge in [-0.15, -0.1) is 11.3 Å². The monoisotopic (exact) mass is 345 g/mol. The van der Waals surface area contributed by atoms with E-state index in [1.54, 1.807) is 18.4 Å². The quantitative estimate of drug-likeness (QED) is 0.598. The predicted molar refractivity (Wildman–Crippen MR) is 104 cm³/mol. The molecule has 5 nitrogen and oxygen atoms in total. The molecule has 0 saturated heterocycles. The van der Waals surface area contributed by atoms with Gasteiger partial charge in [-0.2, -0.15) is 0 Å². The maximum atomic E-state index is 4.36. The number of guanidine groups is 1. The summed E-state index contributed by atoms with van der Waals surface area (Å²) in [7, 11) is 1.79. The van der Waals surface area contributed by atoms with Crippen molar-refractivity contribution >= 4 is 23.0 Å². The second kappa shape index (κ2) is 9.27. The molecule has 24 heavy (non-hydrogen) atoms. The molecule has 2 N–H and O–H groups in total. The second-order valence-corrected chi connectivity index (χ2v) is 6.96. The van der Waals surface area contributed by atoms with Gasteiger partial charge in [0.1, 0.15) is 5.01 Å². The highest BCUT2D eigenvalue weighted by Crippen LogP contribution is 2.15. The van der Waals surface area contributed by atoms with Crippen molar-refractivity contribution in [1.29, 1.82) is 0 Å². The van der Waals surface area contributed by atoms with Gasteiger partial charge < -0.3 is 15.5 Å². The minimum Gasteiger partial charge on any atom is -0.370 e. The SMILES string of the molecule is CCN(CCNC(=NC)NCc1ncc(C)s1)c1cccc(C)c1. The van der Waals surface area contributed by atoms with Crippen LogP contribution in [0.1, 0.15) is 22.4 Å². The predicted octanol–water partition coefficient (Wildman–Crippen LogP) is 2.95. The summed E-state index contributed by atoms with van der Waals surface area (Å²) in [6, 6.07) is 8.62. The van der Waals surface area contributed by atoms with Gasteiger partial charge in [-0.05, 0) is 38.5 Å². The third-order valence-corrected chi connectivity index (χ3v) is 4.64. The van der Waals surface area contributed by atoms with E-state index >= 15 is 0 Å². The molecule has 0 bridgehead atoms. The molecule has 2 rings (SSSR count). The van der Waals surface area contributed by atoms with Crippen molar-refractivity contribution in [2.24, 2.45) is 4.99 Å². The lowest BCUT2D eigenvalue weighted by Crippen LogP contribution is -2.41. The molecule has 0 atom stereocenters. The van der Waals surface area contributed by atoms with Gasteiger partial charge in [-0.25, -0.2) is 4.98 Å². The van der Waals surface area contributed by atoms with E-state index in [1.807, 2.05) is 6.20 Å². The minimum atomic E-state index is 0.702. The van der Waals surface area contributed by atoms with Crippen LogP contribution < -0.4 is 15.5 Å². The highest BCUT2D eigenvalue weighted by Gasteiger charge is 2.05. The van der Waals surface area contributed by atoms with Gasteiger partial charge in [0, 0.05) is 43.4 Å². The number of hydrogen-bond donors (Lipinski definition) is 2. The van der Waals surface area contributed by atoms with Crippen molar-refractivity contribution in [2.45, 2.75) is 27.3 Å². The third-order valence-electron chi connectivity index (χ3n) is 3.72. The molecule has 0 aliphatic carbocycles. The van der Waals surface area contributed by atoms with E-state index < -0.39 is 0 Å². The number of benzene rings is 1. The molecule has 0 aliphatic rings. The average Bonchev–Trinajstić information content (AvgIpc) is 3.00. The molecule has 1 aromatic carbocycles. The van der Waals surface area contributed by atoms with E-state index in [0.717, 1.165) is 30.6 Å². The number of rotatable bonds is 7. The number of likely N-dealkylation sites (N-methyl/N-ethyl adjacent to an activating group) is 1. The zero-order chi connectivity index (χ0) is 17.4. The molecule has 0 unspecified atom stereocenters. The first-order chi connectivity index (χ1) is 11.6. The lowest BCUT2D eigenvalue weighted by molar-refractivity contribution is 0.749. The van der Waals surface area contributed by atoms with E-state index in [1.165, 1.54) is 16.1 Å². The van der Waals surface area contributed by atoms with E-state index in [9.17, 15) is 0 Å². The Morgan fingerprint density at radius 3 is 2.75 bits per heavy atom. The Labute approximate surface area is 148 Å². The molecular weight excluding hydrogens is 318 g/mol. The summed E-state index contributed by atoms with van der Waals surface area (Å²) in [6.07, 6.45) is 1.90. The van der Waals surface area contributed by atoms with Crippen LogP contribution in [-0.2, 0) is 6.54 Å². The van der Waals surface area contributed by atoms with Gasteiger partial charge in [0.05, 0.1) is 6.54 Å². The van der Waals surface area contributed by atoms with Crippen molar-refractivity contribution < 1.29 is 0 Å². The van der Waals surface area contributed by atoms with Crippen LogP contribution in [0.3, 0.4) is 0 Å². The molecule has 0 radical (unpaired) electrons. The third kappa shape index (κ3) is 5.53. The lowest BCUT2D eigenvalue weighted by Gasteiger charge is -2.24. The van der Waals surface area contributed by atoms with Gasteiger partial charge in [-0.1, -0.05) is 12.1 Å². The van der Waals surface area contributed by atoms with Crippen LogP contribution in [0.25, 0.3) is 0 Å². The summed E-state index contributed by atoms with van der Waals surface area (Å²) in [5, 5.41) is 7.75. The van der Waals surface area contributed by atoms with Crippen molar-refractivity contribution in [1.82, 2.24) is 15.6 Å². The average molecular weight is 346 g/mol. The molecule has 1 heterocycles. The van der Waals surface area contributed by atoms with Crippen LogP contribution in [0.5, 0.6) is 0 Å². The summed E-state index contributed by atoms with van der Waals surface area (Å²) in [4.78, 5) is 12.2. The maximum absolute atomic E-state index is 4.36. The zero-order valence-electron chi connectivity index (χ0n) is 15.0. The largest absolute Gasteiger partial charge is 0.370 e. The standard InChI is InChI=1S/C18H27N5S/c1-5-23(16-8-6-7-14(2)11-16)10-9-20-18(19-4)22-13-17-21-12-15(3)24-17/h6-8,11-12H,5,9-10,13H2,1-4H3,(H2,19,20,22). The molecule has 130 valence electrons. The Morgan fingerprint density at radius 1 is 1.29 bits per heavy atom. The summed E-state index contributed by atoms with van der Waals surface area (Å²) >= 11 is 1.71. The van der Waals surface area contributed by atoms with E-state index in [2.05, 4.69) is 70.5 Å². The summed E-state index contributed by atoms with van der Waals surface area (Å²) < 4.78 is 0. The van der Waals surface area contributed by atoms with Crippen molar-refractivity contribution in [3.63, 3.8) is 0 Å². The fourth-order valence-corrected chi connectivity index (χ4v) is 3.19. The Balaban J connectivity index is 1.80. The number of anilines is 1. The van der Waals surface area contributed by atoms with E-state index in [4.69, 9.17) is 0 Å². The first-order valence-electron chi connectivity index (χ1n) is 8.29. The number of aromatic nitrogens is 1. The van der Waals surface area contributed by atoms with Crippen molar-refractivity contribution in [3.8, 4) is 0 Å². The minimum absolute atomic E-state index is 0.702. The van der Waals surface area contributed by atoms with Crippen LogP contribution in [0, 0.1) is 13.8 Å². The number of thiazole rings is 1. The molecule has 0 fully saturated rings. The summed E-state index contributed by atoms with van der Waals surface area (Å²) in [5.41, 5.74) is 2.55. The molecule has 0 spiro atoms. The van der Waals surface area contributed by atoms with Crippen LogP contribution >= 0.6 is 11.3 Å². The van der Waals surface area contributed by atoms with Gasteiger partial charge in [0.2, 0.25) is 0 Å². The van der Waals surface area contributed by atoms with E-state index in [0.29, 0.717) is 6.54 Å². The summed E-state index contributed by atoms with van der Waals surface area (Å²) in [5.74, 6) is 0.808. The number of nitrogens with one attached hydrogen (secondary N) is 2. The topological polar surface area (TPSA) is 52.5 Å². The first-order valence-corrected chi connectivity index (χ1v) is 9.11. The van der Waals surface area contributed by atoms with Crippen LogP contribution in [0.15, 0.2) is 35.5 Å². The van der Waals surface area contributed by atoms with Crippen molar-refractivity contribution in [3.05, 3.63) is 45.9 Å². The molecule has 0 saturated carbocycles. The van der Waals surface area contributed by atoms with Crippen LogP contribution in [0.4, 0.5) is 5.69 Å². The number of aliphatic imine (C=N–C) groups is 1.